The van der Waals surface area contributed by atoms with Gasteiger partial charge in [-0.15, -0.1) is 0 Å². The number of hydrogen-bond donors (Lipinski definition) is 2. The third kappa shape index (κ3) is 5.08. The van der Waals surface area contributed by atoms with Gasteiger partial charge >= 0.3 is 0 Å². The van der Waals surface area contributed by atoms with Crippen LogP contribution in [0.2, 0.25) is 5.02 Å². The van der Waals surface area contributed by atoms with Crippen molar-refractivity contribution in [2.45, 2.75) is 32.4 Å². The normalized spacial score (nSPS) is 14.8. The predicted octanol–water partition coefficient (Wildman–Crippen LogP) is 3.72. The van der Waals surface area contributed by atoms with Gasteiger partial charge < -0.3 is 11.1 Å². The zero-order chi connectivity index (χ0) is 16.8. The lowest BCUT2D eigenvalue weighted by Gasteiger charge is -2.23. The average molecular weight is 331 g/mol. The van der Waals surface area contributed by atoms with E-state index in [1.165, 1.54) is 0 Å². The van der Waals surface area contributed by atoms with Crippen molar-refractivity contribution in [3.05, 3.63) is 70.7 Å². The summed E-state index contributed by atoms with van der Waals surface area (Å²) in [6.07, 6.45) is 0.707. The van der Waals surface area contributed by atoms with Gasteiger partial charge in [-0.05, 0) is 36.6 Å². The Hall–Kier alpha value is -1.84. The van der Waals surface area contributed by atoms with Crippen LogP contribution in [0.15, 0.2) is 54.6 Å². The molecule has 0 saturated heterocycles. The van der Waals surface area contributed by atoms with Gasteiger partial charge in [0, 0.05) is 17.0 Å². The average Bonchev–Trinajstić information content (AvgIpc) is 2.56. The summed E-state index contributed by atoms with van der Waals surface area (Å²) in [6, 6.07) is 17.4. The number of nitrogens with two attached hydrogens (primary N) is 1. The van der Waals surface area contributed by atoms with Crippen molar-refractivity contribution in [2.75, 3.05) is 0 Å². The summed E-state index contributed by atoms with van der Waals surface area (Å²) in [4.78, 5) is 12.4. The van der Waals surface area contributed by atoms with Crippen LogP contribution in [0, 0.1) is 5.92 Å². The highest BCUT2D eigenvalue weighted by Gasteiger charge is 2.21. The van der Waals surface area contributed by atoms with E-state index in [1.54, 1.807) is 0 Å². The van der Waals surface area contributed by atoms with Crippen LogP contribution in [0.1, 0.15) is 31.0 Å². The third-order valence-electron chi connectivity index (χ3n) is 4.07. The third-order valence-corrected chi connectivity index (χ3v) is 4.33. The van der Waals surface area contributed by atoms with Gasteiger partial charge in [-0.3, -0.25) is 4.79 Å². The minimum absolute atomic E-state index is 0.0252. The summed E-state index contributed by atoms with van der Waals surface area (Å²) in [5.74, 6) is -0.255. The molecule has 3 N–H and O–H groups in total. The van der Waals surface area contributed by atoms with Crippen molar-refractivity contribution < 1.29 is 4.79 Å². The van der Waals surface area contributed by atoms with Gasteiger partial charge in [0.05, 0.1) is 6.04 Å². The van der Waals surface area contributed by atoms with Crippen molar-refractivity contribution >= 4 is 17.5 Å². The number of benzene rings is 2. The van der Waals surface area contributed by atoms with E-state index in [1.807, 2.05) is 68.4 Å². The Balaban J connectivity index is 2.18. The molecule has 0 spiro atoms. The molecule has 3 atom stereocenters. The molecule has 23 heavy (non-hydrogen) atoms. The Morgan fingerprint density at radius 2 is 1.70 bits per heavy atom. The zero-order valence-electron chi connectivity index (χ0n) is 13.5. The molecule has 0 fully saturated rings. The number of halogens is 1. The van der Waals surface area contributed by atoms with Crippen LogP contribution < -0.4 is 11.1 Å². The molecule has 0 aliphatic heterocycles. The molecule has 2 aromatic rings. The summed E-state index contributed by atoms with van der Waals surface area (Å²) < 4.78 is 0. The van der Waals surface area contributed by atoms with Crippen molar-refractivity contribution in [1.29, 1.82) is 0 Å². The highest BCUT2D eigenvalue weighted by atomic mass is 35.5. The first-order valence-corrected chi connectivity index (χ1v) is 8.20. The van der Waals surface area contributed by atoms with Crippen LogP contribution in [0.3, 0.4) is 0 Å². The van der Waals surface area contributed by atoms with E-state index in [4.69, 9.17) is 17.3 Å². The van der Waals surface area contributed by atoms with Crippen molar-refractivity contribution in [1.82, 2.24) is 5.32 Å². The fourth-order valence-electron chi connectivity index (χ4n) is 2.34. The first kappa shape index (κ1) is 17.5. The second-order valence-corrected chi connectivity index (χ2v) is 6.39. The SMILES string of the molecule is CC(N)C(C)C(=O)NC(Cc1ccc(Cl)cc1)c1ccccc1. The molecule has 0 aliphatic carbocycles. The molecule has 4 heteroatoms. The molecule has 2 aromatic carbocycles. The van der Waals surface area contributed by atoms with Crippen LogP contribution in [-0.2, 0) is 11.2 Å². The summed E-state index contributed by atoms with van der Waals surface area (Å²) in [5.41, 5.74) is 8.04. The molecule has 0 bridgehead atoms. The van der Waals surface area contributed by atoms with Gasteiger partial charge in [0.2, 0.25) is 5.91 Å². The smallest absolute Gasteiger partial charge is 0.224 e. The monoisotopic (exact) mass is 330 g/mol. The van der Waals surface area contributed by atoms with E-state index in [2.05, 4.69) is 5.32 Å². The first-order valence-electron chi connectivity index (χ1n) is 7.82. The quantitative estimate of drug-likeness (QED) is 0.848. The largest absolute Gasteiger partial charge is 0.349 e. The minimum atomic E-state index is -0.230. The molecule has 122 valence electrons. The van der Waals surface area contributed by atoms with Gasteiger partial charge in [0.1, 0.15) is 0 Å². The van der Waals surface area contributed by atoms with Crippen LogP contribution in [-0.4, -0.2) is 11.9 Å². The standard InChI is InChI=1S/C19H23ClN2O/c1-13(14(2)21)19(23)22-18(16-6-4-3-5-7-16)12-15-8-10-17(20)11-9-15/h3-11,13-14,18H,12,21H2,1-2H3,(H,22,23). The van der Waals surface area contributed by atoms with Crippen LogP contribution >= 0.6 is 11.6 Å². The van der Waals surface area contributed by atoms with E-state index in [0.717, 1.165) is 11.1 Å². The van der Waals surface area contributed by atoms with E-state index >= 15 is 0 Å². The summed E-state index contributed by atoms with van der Waals surface area (Å²) >= 11 is 5.94. The number of rotatable bonds is 6. The van der Waals surface area contributed by atoms with Crippen LogP contribution in [0.25, 0.3) is 0 Å². The predicted molar refractivity (Wildman–Crippen MR) is 95.3 cm³/mol. The molecule has 3 nitrogen and oxygen atoms in total. The molecule has 0 heterocycles. The summed E-state index contributed by atoms with van der Waals surface area (Å²) in [7, 11) is 0. The maximum Gasteiger partial charge on any atom is 0.224 e. The lowest BCUT2D eigenvalue weighted by atomic mass is 9.97. The zero-order valence-corrected chi connectivity index (χ0v) is 14.3. The molecule has 0 aliphatic rings. The number of amides is 1. The Morgan fingerprint density at radius 3 is 2.26 bits per heavy atom. The fourth-order valence-corrected chi connectivity index (χ4v) is 2.46. The minimum Gasteiger partial charge on any atom is -0.349 e. The molecule has 1 amide bonds. The molecular weight excluding hydrogens is 308 g/mol. The molecule has 0 saturated carbocycles. The first-order chi connectivity index (χ1) is 11.0. The molecule has 3 unspecified atom stereocenters. The van der Waals surface area contributed by atoms with Crippen molar-refractivity contribution in [3.8, 4) is 0 Å². The second-order valence-electron chi connectivity index (χ2n) is 5.95. The van der Waals surface area contributed by atoms with Gasteiger partial charge in [0.25, 0.3) is 0 Å². The summed E-state index contributed by atoms with van der Waals surface area (Å²) in [5, 5.41) is 3.83. The molecule has 2 rings (SSSR count). The van der Waals surface area contributed by atoms with Gasteiger partial charge in [-0.1, -0.05) is 61.0 Å². The second kappa shape index (κ2) is 8.14. The Morgan fingerprint density at radius 1 is 1.09 bits per heavy atom. The lowest BCUT2D eigenvalue weighted by molar-refractivity contribution is -0.125. The van der Waals surface area contributed by atoms with Gasteiger partial charge in [-0.25, -0.2) is 0 Å². The summed E-state index contributed by atoms with van der Waals surface area (Å²) in [6.45, 7) is 3.70. The maximum atomic E-state index is 12.4. The number of nitrogens with one attached hydrogen (secondary N) is 1. The maximum absolute atomic E-state index is 12.4. The number of carbonyl (C=O) groups is 1. The Kier molecular flexibility index (Phi) is 6.20. The van der Waals surface area contributed by atoms with Gasteiger partial charge in [0.15, 0.2) is 0 Å². The van der Waals surface area contributed by atoms with Crippen molar-refractivity contribution in [3.63, 3.8) is 0 Å². The topological polar surface area (TPSA) is 55.1 Å². The van der Waals surface area contributed by atoms with Crippen molar-refractivity contribution in [2.24, 2.45) is 11.7 Å². The Labute approximate surface area is 142 Å². The van der Waals surface area contributed by atoms with E-state index < -0.39 is 0 Å². The lowest BCUT2D eigenvalue weighted by Crippen LogP contribution is -2.40. The molecule has 0 aromatic heterocycles. The highest BCUT2D eigenvalue weighted by Crippen LogP contribution is 2.20. The molecular formula is C19H23ClN2O. The highest BCUT2D eigenvalue weighted by molar-refractivity contribution is 6.30. The van der Waals surface area contributed by atoms with E-state index in [-0.39, 0.29) is 23.9 Å². The van der Waals surface area contributed by atoms with E-state index in [0.29, 0.717) is 11.4 Å². The van der Waals surface area contributed by atoms with Crippen LogP contribution in [0.5, 0.6) is 0 Å². The van der Waals surface area contributed by atoms with Gasteiger partial charge in [-0.2, -0.15) is 0 Å². The number of carbonyl (C=O) groups excluding carboxylic acids is 1. The number of hydrogen-bond acceptors (Lipinski definition) is 2. The molecule has 0 radical (unpaired) electrons. The fraction of sp³-hybridized carbons (Fsp3) is 0.316. The van der Waals surface area contributed by atoms with Crippen LogP contribution in [0.4, 0.5) is 0 Å². The Bertz CT molecular complexity index is 626. The van der Waals surface area contributed by atoms with E-state index in [9.17, 15) is 4.79 Å².